The Morgan fingerprint density at radius 1 is 1.04 bits per heavy atom. The molecule has 0 aliphatic carbocycles. The van der Waals surface area contributed by atoms with Crippen molar-refractivity contribution in [3.63, 3.8) is 0 Å². The van der Waals surface area contributed by atoms with Crippen molar-refractivity contribution in [2.24, 2.45) is 5.73 Å². The molecule has 0 amide bonds. The Bertz CT molecular complexity index is 751. The molecule has 5 nitrogen and oxygen atoms in total. The number of rotatable bonds is 5. The van der Waals surface area contributed by atoms with E-state index in [1.807, 2.05) is 0 Å². The average molecular weight is 392 g/mol. The first-order valence-electron chi connectivity index (χ1n) is 7.17. The fourth-order valence-electron chi connectivity index (χ4n) is 2.19. The third-order valence-corrected chi connectivity index (χ3v) is 3.27. The van der Waals surface area contributed by atoms with Gasteiger partial charge in [0.25, 0.3) is 0 Å². The summed E-state index contributed by atoms with van der Waals surface area (Å²) in [5.41, 5.74) is 7.36. The highest BCUT2D eigenvalue weighted by Gasteiger charge is 2.31. The maximum atomic E-state index is 12.2. The second-order valence-electron chi connectivity index (χ2n) is 5.10. The summed E-state index contributed by atoms with van der Waals surface area (Å²) < 4.78 is 50.5. The molecule has 2 aromatic carbocycles. The molecule has 0 fully saturated rings. The topological polar surface area (TPSA) is 70.8 Å². The number of esters is 1. The standard InChI is InChI=1S/C17H16F3NO4.ClH/c1-10(22)24-14-8-5-12(9-15(14)23-2)16(21)11-3-6-13(7-4-11)25-17(18,19)20;/h3-9,16H,21H2,1-2H3;1H/t16-;/m1./s1. The van der Waals surface area contributed by atoms with E-state index in [4.69, 9.17) is 15.2 Å². The zero-order chi connectivity index (χ0) is 18.6. The molecule has 0 radical (unpaired) electrons. The van der Waals surface area contributed by atoms with Gasteiger partial charge in [-0.2, -0.15) is 0 Å². The number of ether oxygens (including phenoxy) is 3. The lowest BCUT2D eigenvalue weighted by molar-refractivity contribution is -0.274. The smallest absolute Gasteiger partial charge is 0.493 e. The molecular formula is C17H17ClF3NO4. The lowest BCUT2D eigenvalue weighted by Gasteiger charge is -2.16. The SMILES string of the molecule is COc1cc([C@H](N)c2ccc(OC(F)(F)F)cc2)ccc1OC(C)=O.Cl. The Hall–Kier alpha value is -2.45. The lowest BCUT2D eigenvalue weighted by atomic mass is 9.99. The molecule has 142 valence electrons. The van der Waals surface area contributed by atoms with Gasteiger partial charge < -0.3 is 19.9 Å². The molecule has 0 spiro atoms. The molecule has 9 heteroatoms. The number of carbonyl (C=O) groups excluding carboxylic acids is 1. The predicted molar refractivity (Wildman–Crippen MR) is 90.7 cm³/mol. The van der Waals surface area contributed by atoms with Crippen LogP contribution < -0.4 is 19.9 Å². The number of halogens is 4. The minimum Gasteiger partial charge on any atom is -0.493 e. The van der Waals surface area contributed by atoms with Crippen molar-refractivity contribution in [2.75, 3.05) is 7.11 Å². The quantitative estimate of drug-likeness (QED) is 0.616. The van der Waals surface area contributed by atoms with Crippen LogP contribution in [0.4, 0.5) is 13.2 Å². The molecule has 0 aromatic heterocycles. The van der Waals surface area contributed by atoms with Crippen molar-refractivity contribution in [1.29, 1.82) is 0 Å². The Balaban J connectivity index is 0.00000338. The van der Waals surface area contributed by atoms with Crippen molar-refractivity contribution in [2.45, 2.75) is 19.3 Å². The molecule has 26 heavy (non-hydrogen) atoms. The van der Waals surface area contributed by atoms with Crippen LogP contribution in [0.5, 0.6) is 17.2 Å². The number of carbonyl (C=O) groups is 1. The molecule has 2 N–H and O–H groups in total. The van der Waals surface area contributed by atoms with Crippen molar-refractivity contribution in [1.82, 2.24) is 0 Å². The van der Waals surface area contributed by atoms with E-state index in [0.29, 0.717) is 16.9 Å². The second-order valence-corrected chi connectivity index (χ2v) is 5.10. The van der Waals surface area contributed by atoms with Crippen LogP contribution in [0.2, 0.25) is 0 Å². The molecule has 2 rings (SSSR count). The first-order valence-corrected chi connectivity index (χ1v) is 7.17. The summed E-state index contributed by atoms with van der Waals surface area (Å²) in [4.78, 5) is 11.1. The van der Waals surface area contributed by atoms with E-state index in [-0.39, 0.29) is 23.9 Å². The van der Waals surface area contributed by atoms with Gasteiger partial charge in [-0.1, -0.05) is 18.2 Å². The number of methoxy groups -OCH3 is 1. The van der Waals surface area contributed by atoms with E-state index in [2.05, 4.69) is 4.74 Å². The molecule has 0 bridgehead atoms. The predicted octanol–water partition coefficient (Wildman–Crippen LogP) is 3.99. The molecule has 0 saturated heterocycles. The highest BCUT2D eigenvalue weighted by molar-refractivity contribution is 5.85. The first kappa shape index (κ1) is 21.6. The van der Waals surface area contributed by atoms with Gasteiger partial charge >= 0.3 is 12.3 Å². The van der Waals surface area contributed by atoms with Gasteiger partial charge in [0.2, 0.25) is 0 Å². The van der Waals surface area contributed by atoms with Crippen molar-refractivity contribution in [3.8, 4) is 17.2 Å². The number of nitrogens with two attached hydrogens (primary N) is 1. The van der Waals surface area contributed by atoms with Crippen LogP contribution in [0.15, 0.2) is 42.5 Å². The molecule has 0 aliphatic rings. The number of hydrogen-bond donors (Lipinski definition) is 1. The van der Waals surface area contributed by atoms with Gasteiger partial charge in [0.05, 0.1) is 13.2 Å². The summed E-state index contributed by atoms with van der Waals surface area (Å²) in [7, 11) is 1.42. The van der Waals surface area contributed by atoms with Crippen molar-refractivity contribution in [3.05, 3.63) is 53.6 Å². The molecule has 0 heterocycles. The monoisotopic (exact) mass is 391 g/mol. The Kier molecular flexibility index (Phi) is 7.29. The van der Waals surface area contributed by atoms with E-state index in [1.54, 1.807) is 12.1 Å². The Morgan fingerprint density at radius 3 is 2.12 bits per heavy atom. The van der Waals surface area contributed by atoms with Gasteiger partial charge in [-0.15, -0.1) is 25.6 Å². The number of hydrogen-bond acceptors (Lipinski definition) is 5. The lowest BCUT2D eigenvalue weighted by Crippen LogP contribution is -2.17. The maximum absolute atomic E-state index is 12.2. The van der Waals surface area contributed by atoms with Crippen molar-refractivity contribution >= 4 is 18.4 Å². The summed E-state index contributed by atoms with van der Waals surface area (Å²) in [6, 6.07) is 9.43. The van der Waals surface area contributed by atoms with Gasteiger partial charge in [-0.3, -0.25) is 4.79 Å². The highest BCUT2D eigenvalue weighted by atomic mass is 35.5. The van der Waals surface area contributed by atoms with E-state index < -0.39 is 18.4 Å². The summed E-state index contributed by atoms with van der Waals surface area (Å²) in [5, 5.41) is 0. The average Bonchev–Trinajstić information content (AvgIpc) is 2.53. The number of alkyl halides is 3. The van der Waals surface area contributed by atoms with E-state index in [9.17, 15) is 18.0 Å². The molecule has 1 atom stereocenters. The van der Waals surface area contributed by atoms with Crippen LogP contribution in [0.25, 0.3) is 0 Å². The summed E-state index contributed by atoms with van der Waals surface area (Å²) >= 11 is 0. The molecule has 2 aromatic rings. The zero-order valence-corrected chi connectivity index (χ0v) is 14.7. The summed E-state index contributed by atoms with van der Waals surface area (Å²) in [6.07, 6.45) is -4.75. The third-order valence-electron chi connectivity index (χ3n) is 3.27. The van der Waals surface area contributed by atoms with Gasteiger partial charge in [0.15, 0.2) is 11.5 Å². The first-order chi connectivity index (χ1) is 11.7. The second kappa shape index (κ2) is 8.77. The minimum absolute atomic E-state index is 0. The number of benzene rings is 2. The molecule has 0 saturated carbocycles. The van der Waals surface area contributed by atoms with Gasteiger partial charge in [-0.05, 0) is 35.4 Å². The Labute approximate surface area is 154 Å². The summed E-state index contributed by atoms with van der Waals surface area (Å²) in [6.45, 7) is 1.27. The minimum atomic E-state index is -4.75. The van der Waals surface area contributed by atoms with Crippen LogP contribution in [-0.4, -0.2) is 19.4 Å². The zero-order valence-electron chi connectivity index (χ0n) is 13.9. The largest absolute Gasteiger partial charge is 0.573 e. The van der Waals surface area contributed by atoms with Gasteiger partial charge in [0.1, 0.15) is 5.75 Å². The van der Waals surface area contributed by atoms with E-state index in [1.165, 1.54) is 44.4 Å². The van der Waals surface area contributed by atoms with E-state index >= 15 is 0 Å². The fourth-order valence-corrected chi connectivity index (χ4v) is 2.19. The highest BCUT2D eigenvalue weighted by Crippen LogP contribution is 2.32. The fraction of sp³-hybridized carbons (Fsp3) is 0.235. The van der Waals surface area contributed by atoms with Crippen LogP contribution >= 0.6 is 12.4 Å². The molecular weight excluding hydrogens is 375 g/mol. The normalized spacial score (nSPS) is 11.9. The maximum Gasteiger partial charge on any atom is 0.573 e. The summed E-state index contributed by atoms with van der Waals surface area (Å²) in [5.74, 6) is -0.248. The molecule has 0 aliphatic heterocycles. The van der Waals surface area contributed by atoms with Crippen LogP contribution in [0.1, 0.15) is 24.1 Å². The van der Waals surface area contributed by atoms with Gasteiger partial charge in [0, 0.05) is 6.92 Å². The molecule has 0 unspecified atom stereocenters. The van der Waals surface area contributed by atoms with Crippen LogP contribution in [-0.2, 0) is 4.79 Å². The van der Waals surface area contributed by atoms with Crippen LogP contribution in [0.3, 0.4) is 0 Å². The van der Waals surface area contributed by atoms with Gasteiger partial charge in [-0.25, -0.2) is 0 Å². The third kappa shape index (κ3) is 5.82. The van der Waals surface area contributed by atoms with E-state index in [0.717, 1.165) is 0 Å². The van der Waals surface area contributed by atoms with Crippen molar-refractivity contribution < 1.29 is 32.2 Å². The Morgan fingerprint density at radius 2 is 1.62 bits per heavy atom. The van der Waals surface area contributed by atoms with Crippen LogP contribution in [0, 0.1) is 0 Å².